The molecule has 0 unspecified atom stereocenters. The molecule has 3 heterocycles. The Morgan fingerprint density at radius 3 is 2.51 bits per heavy atom. The number of halogens is 1. The summed E-state index contributed by atoms with van der Waals surface area (Å²) in [6, 6.07) is 20.1. The van der Waals surface area contributed by atoms with E-state index in [1.54, 1.807) is 48.8 Å². The molecular weight excluding hydrogens is 492 g/mol. The Kier molecular flexibility index (Phi) is 6.83. The predicted octanol–water partition coefficient (Wildman–Crippen LogP) is 4.22. The minimum atomic E-state index is -0.623. The highest BCUT2D eigenvalue weighted by molar-refractivity contribution is 6.31. The molecule has 0 radical (unpaired) electrons. The fourth-order valence-corrected chi connectivity index (χ4v) is 4.21. The molecular formula is C28H21ClN4O4. The predicted molar refractivity (Wildman–Crippen MR) is 143 cm³/mol. The van der Waals surface area contributed by atoms with Gasteiger partial charge in [0, 0.05) is 41.2 Å². The van der Waals surface area contributed by atoms with Crippen molar-refractivity contribution in [2.24, 2.45) is 0 Å². The summed E-state index contributed by atoms with van der Waals surface area (Å²) in [5, 5.41) is 0.395. The first-order chi connectivity index (χ1) is 18.0. The lowest BCUT2D eigenvalue weighted by Gasteiger charge is -2.13. The summed E-state index contributed by atoms with van der Waals surface area (Å²) in [6.45, 7) is 0.427. The Labute approximate surface area is 215 Å². The van der Waals surface area contributed by atoms with Crippen LogP contribution in [-0.2, 0) is 6.42 Å². The summed E-state index contributed by atoms with van der Waals surface area (Å²) in [7, 11) is 0. The molecule has 3 aromatic heterocycles. The topological polar surface area (TPSA) is 110 Å². The van der Waals surface area contributed by atoms with Crippen molar-refractivity contribution in [3.63, 3.8) is 0 Å². The van der Waals surface area contributed by atoms with Crippen LogP contribution in [0.1, 0.15) is 5.56 Å². The summed E-state index contributed by atoms with van der Waals surface area (Å²) in [6.07, 6.45) is 6.70. The highest BCUT2D eigenvalue weighted by Crippen LogP contribution is 2.29. The number of aromatic nitrogens is 4. The van der Waals surface area contributed by atoms with E-state index in [0.717, 1.165) is 5.56 Å². The third kappa shape index (κ3) is 5.44. The maximum absolute atomic E-state index is 13.6. The summed E-state index contributed by atoms with van der Waals surface area (Å²) in [5.41, 5.74) is 1.54. The quantitative estimate of drug-likeness (QED) is 0.339. The molecule has 2 aromatic carbocycles. The monoisotopic (exact) mass is 512 g/mol. The Hall–Kier alpha value is -4.69. The van der Waals surface area contributed by atoms with Gasteiger partial charge in [-0.15, -0.1) is 0 Å². The molecule has 0 amide bonds. The van der Waals surface area contributed by atoms with Crippen molar-refractivity contribution in [2.45, 2.75) is 6.42 Å². The van der Waals surface area contributed by atoms with Crippen LogP contribution < -0.4 is 21.5 Å². The first kappa shape index (κ1) is 24.0. The number of aromatic amines is 2. The van der Waals surface area contributed by atoms with Gasteiger partial charge in [-0.3, -0.25) is 24.1 Å². The molecule has 0 saturated carbocycles. The van der Waals surface area contributed by atoms with Gasteiger partial charge in [-0.05, 0) is 47.5 Å². The second kappa shape index (κ2) is 10.5. The van der Waals surface area contributed by atoms with Crippen LogP contribution in [0, 0.1) is 0 Å². The van der Waals surface area contributed by atoms with E-state index in [0.29, 0.717) is 46.2 Å². The van der Waals surface area contributed by atoms with E-state index in [9.17, 15) is 14.4 Å². The van der Waals surface area contributed by atoms with E-state index in [1.807, 2.05) is 30.3 Å². The van der Waals surface area contributed by atoms with Crippen LogP contribution in [0.3, 0.4) is 0 Å². The largest absolute Gasteiger partial charge is 0.493 e. The van der Waals surface area contributed by atoms with E-state index in [1.165, 1.54) is 17.0 Å². The van der Waals surface area contributed by atoms with Crippen LogP contribution in [0.15, 0.2) is 106 Å². The van der Waals surface area contributed by atoms with Crippen molar-refractivity contribution in [3.05, 3.63) is 133 Å². The van der Waals surface area contributed by atoms with Gasteiger partial charge >= 0.3 is 5.69 Å². The molecule has 0 aliphatic heterocycles. The Balaban J connectivity index is 1.59. The molecule has 0 aliphatic carbocycles. The Morgan fingerprint density at radius 1 is 0.919 bits per heavy atom. The summed E-state index contributed by atoms with van der Waals surface area (Å²) >= 11 is 6.41. The van der Waals surface area contributed by atoms with Crippen LogP contribution in [0.2, 0.25) is 5.02 Å². The average molecular weight is 513 g/mol. The zero-order chi connectivity index (χ0) is 25.8. The van der Waals surface area contributed by atoms with Crippen molar-refractivity contribution in [3.8, 4) is 33.7 Å². The van der Waals surface area contributed by atoms with E-state index in [-0.39, 0.29) is 11.1 Å². The lowest BCUT2D eigenvalue weighted by Crippen LogP contribution is -2.24. The maximum atomic E-state index is 13.6. The number of hydrogen-bond donors (Lipinski definition) is 2. The fourth-order valence-electron chi connectivity index (χ4n) is 3.98. The number of nitrogens with one attached hydrogen (secondary N) is 2. The second-order valence-electron chi connectivity index (χ2n) is 8.27. The highest BCUT2D eigenvalue weighted by atomic mass is 35.5. The number of pyridine rings is 2. The van der Waals surface area contributed by atoms with E-state index < -0.39 is 11.2 Å². The van der Waals surface area contributed by atoms with Crippen molar-refractivity contribution < 1.29 is 4.74 Å². The van der Waals surface area contributed by atoms with Gasteiger partial charge in [0.25, 0.3) is 11.1 Å². The van der Waals surface area contributed by atoms with Crippen LogP contribution >= 0.6 is 11.6 Å². The number of nitrogens with zero attached hydrogens (tertiary/aromatic N) is 2. The van der Waals surface area contributed by atoms with Crippen molar-refractivity contribution in [2.75, 3.05) is 6.61 Å². The molecule has 37 heavy (non-hydrogen) atoms. The SMILES string of the molecule is O=c1[nH]cc(-c2cc(-c3cc(Cl)cc(OCCc4ccccc4)c3)c(=O)n(-c3cccnc3)c2)c(=O)[nH]1. The van der Waals surface area contributed by atoms with Crippen molar-refractivity contribution in [1.29, 1.82) is 0 Å². The lowest BCUT2D eigenvalue weighted by atomic mass is 10.0. The molecule has 0 atom stereocenters. The summed E-state index contributed by atoms with van der Waals surface area (Å²) in [5.74, 6) is 0.512. The maximum Gasteiger partial charge on any atom is 0.325 e. The number of rotatable bonds is 7. The highest BCUT2D eigenvalue weighted by Gasteiger charge is 2.15. The first-order valence-corrected chi connectivity index (χ1v) is 11.8. The minimum Gasteiger partial charge on any atom is -0.493 e. The van der Waals surface area contributed by atoms with Gasteiger partial charge in [0.15, 0.2) is 0 Å². The summed E-state index contributed by atoms with van der Waals surface area (Å²) in [4.78, 5) is 46.5. The second-order valence-corrected chi connectivity index (χ2v) is 8.71. The van der Waals surface area contributed by atoms with Gasteiger partial charge < -0.3 is 9.72 Å². The lowest BCUT2D eigenvalue weighted by molar-refractivity contribution is 0.322. The van der Waals surface area contributed by atoms with Crippen LogP contribution in [-0.4, -0.2) is 26.1 Å². The molecule has 0 fully saturated rings. The third-order valence-electron chi connectivity index (χ3n) is 5.76. The number of benzene rings is 2. The van der Waals surface area contributed by atoms with E-state index >= 15 is 0 Å². The van der Waals surface area contributed by atoms with E-state index in [2.05, 4.69) is 15.0 Å². The molecule has 5 aromatic rings. The van der Waals surface area contributed by atoms with Crippen LogP contribution in [0.25, 0.3) is 27.9 Å². The average Bonchev–Trinajstić information content (AvgIpc) is 2.90. The number of hydrogen-bond acceptors (Lipinski definition) is 5. The van der Waals surface area contributed by atoms with Gasteiger partial charge in [0.2, 0.25) is 0 Å². The van der Waals surface area contributed by atoms with Crippen molar-refractivity contribution >= 4 is 11.6 Å². The summed E-state index contributed by atoms with van der Waals surface area (Å²) < 4.78 is 7.36. The Bertz CT molecular complexity index is 1730. The molecule has 8 nitrogen and oxygen atoms in total. The van der Waals surface area contributed by atoms with Crippen LogP contribution in [0.5, 0.6) is 5.75 Å². The van der Waals surface area contributed by atoms with Gasteiger partial charge in [0.1, 0.15) is 5.75 Å². The molecule has 5 rings (SSSR count). The minimum absolute atomic E-state index is 0.194. The molecule has 2 N–H and O–H groups in total. The smallest absolute Gasteiger partial charge is 0.325 e. The molecule has 9 heteroatoms. The fraction of sp³-hybridized carbons (Fsp3) is 0.0714. The number of ether oxygens (including phenoxy) is 1. The van der Waals surface area contributed by atoms with Crippen molar-refractivity contribution in [1.82, 2.24) is 19.5 Å². The van der Waals surface area contributed by atoms with Gasteiger partial charge in [-0.1, -0.05) is 41.9 Å². The third-order valence-corrected chi connectivity index (χ3v) is 5.97. The molecule has 0 saturated heterocycles. The zero-order valence-electron chi connectivity index (χ0n) is 19.5. The molecule has 0 bridgehead atoms. The first-order valence-electron chi connectivity index (χ1n) is 11.4. The molecule has 0 aliphatic rings. The molecule has 184 valence electrons. The van der Waals surface area contributed by atoms with Gasteiger partial charge in [-0.25, -0.2) is 4.79 Å². The number of H-pyrrole nitrogens is 2. The Morgan fingerprint density at radius 2 is 1.76 bits per heavy atom. The normalized spacial score (nSPS) is 10.8. The standard InChI is InChI=1S/C28H21ClN4O4/c29-21-11-19(12-23(14-21)37-10-8-18-5-2-1-3-6-18)24-13-20(25-16-31-28(36)32-26(25)34)17-33(27(24)35)22-7-4-9-30-15-22/h1-7,9,11-17H,8,10H2,(H2,31,32,34,36). The van der Waals surface area contributed by atoms with E-state index in [4.69, 9.17) is 16.3 Å². The zero-order valence-corrected chi connectivity index (χ0v) is 20.2. The van der Waals surface area contributed by atoms with Gasteiger partial charge in [0.05, 0.1) is 24.1 Å². The van der Waals surface area contributed by atoms with Gasteiger partial charge in [-0.2, -0.15) is 0 Å². The van der Waals surface area contributed by atoms with Crippen LogP contribution in [0.4, 0.5) is 0 Å². The molecule has 0 spiro atoms.